The van der Waals surface area contributed by atoms with Gasteiger partial charge < -0.3 is 15.4 Å². The maximum atomic E-state index is 12.6. The molecule has 2 aromatic carbocycles. The molecule has 3 rings (SSSR count). The van der Waals surface area contributed by atoms with E-state index < -0.39 is 11.2 Å². The topological polar surface area (TPSA) is 109 Å². The van der Waals surface area contributed by atoms with E-state index >= 15 is 0 Å². The van der Waals surface area contributed by atoms with Crippen molar-refractivity contribution in [3.05, 3.63) is 58.1 Å². The van der Waals surface area contributed by atoms with E-state index in [1.165, 1.54) is 18.2 Å². The van der Waals surface area contributed by atoms with Crippen molar-refractivity contribution in [3.8, 4) is 5.75 Å². The van der Waals surface area contributed by atoms with Crippen LogP contribution in [0.2, 0.25) is 10.0 Å². The number of halogens is 2. The summed E-state index contributed by atoms with van der Waals surface area (Å²) >= 11 is 12.9. The molecule has 31 heavy (non-hydrogen) atoms. The van der Waals surface area contributed by atoms with Gasteiger partial charge in [-0.3, -0.25) is 14.4 Å². The SMILES string of the molecule is CCOc1ccc(NC(=O)C2CC(=O)N/C(=N\NC(=O)c3ccc(Cl)cc3Cl)S2)cc1. The Balaban J connectivity index is 1.62. The molecule has 3 amide bonds. The molecule has 0 radical (unpaired) electrons. The van der Waals surface area contributed by atoms with Gasteiger partial charge in [0, 0.05) is 17.1 Å². The van der Waals surface area contributed by atoms with Crippen LogP contribution in [0.5, 0.6) is 5.75 Å². The number of anilines is 1. The highest BCUT2D eigenvalue weighted by Crippen LogP contribution is 2.24. The summed E-state index contributed by atoms with van der Waals surface area (Å²) in [6.45, 7) is 2.43. The van der Waals surface area contributed by atoms with E-state index in [9.17, 15) is 14.4 Å². The van der Waals surface area contributed by atoms with E-state index in [-0.39, 0.29) is 34.0 Å². The number of hydrogen-bond donors (Lipinski definition) is 3. The average Bonchev–Trinajstić information content (AvgIpc) is 2.73. The third-order valence-corrected chi connectivity index (χ3v) is 5.66. The lowest BCUT2D eigenvalue weighted by Crippen LogP contribution is -2.42. The summed E-state index contributed by atoms with van der Waals surface area (Å²) < 4.78 is 5.37. The molecule has 1 atom stereocenters. The highest BCUT2D eigenvalue weighted by molar-refractivity contribution is 8.15. The highest BCUT2D eigenvalue weighted by Gasteiger charge is 2.30. The highest BCUT2D eigenvalue weighted by atomic mass is 35.5. The largest absolute Gasteiger partial charge is 0.494 e. The van der Waals surface area contributed by atoms with Crippen LogP contribution in [0.15, 0.2) is 47.6 Å². The number of nitrogens with one attached hydrogen (secondary N) is 3. The molecule has 0 saturated carbocycles. The van der Waals surface area contributed by atoms with Gasteiger partial charge in [0.25, 0.3) is 5.91 Å². The molecule has 1 heterocycles. The molecular weight excluding hydrogens is 463 g/mol. The molecule has 1 aliphatic heterocycles. The van der Waals surface area contributed by atoms with Crippen molar-refractivity contribution in [1.82, 2.24) is 10.7 Å². The third-order valence-electron chi connectivity index (χ3n) is 4.03. The Morgan fingerprint density at radius 3 is 2.65 bits per heavy atom. The number of hydrogen-bond acceptors (Lipinski definition) is 6. The number of nitrogens with zero attached hydrogens (tertiary/aromatic N) is 1. The minimum atomic E-state index is -0.713. The average molecular weight is 481 g/mol. The van der Waals surface area contributed by atoms with E-state index in [1.807, 2.05) is 6.92 Å². The number of hydrazone groups is 1. The van der Waals surface area contributed by atoms with Gasteiger partial charge in [-0.15, -0.1) is 5.10 Å². The van der Waals surface area contributed by atoms with Gasteiger partial charge in [-0.2, -0.15) is 0 Å². The minimum absolute atomic E-state index is 0.0243. The zero-order valence-corrected chi connectivity index (χ0v) is 18.6. The zero-order chi connectivity index (χ0) is 22.4. The van der Waals surface area contributed by atoms with Gasteiger partial charge in [0.1, 0.15) is 11.0 Å². The van der Waals surface area contributed by atoms with Gasteiger partial charge in [0.05, 0.1) is 17.2 Å². The Morgan fingerprint density at radius 2 is 1.97 bits per heavy atom. The number of amides is 3. The molecule has 11 heteroatoms. The molecule has 0 aromatic heterocycles. The first-order valence-corrected chi connectivity index (χ1v) is 10.8. The van der Waals surface area contributed by atoms with Crippen molar-refractivity contribution >= 4 is 63.5 Å². The molecule has 3 N–H and O–H groups in total. The molecule has 1 fully saturated rings. The van der Waals surface area contributed by atoms with E-state index in [2.05, 4.69) is 21.2 Å². The van der Waals surface area contributed by atoms with Crippen molar-refractivity contribution in [3.63, 3.8) is 0 Å². The van der Waals surface area contributed by atoms with Crippen molar-refractivity contribution < 1.29 is 19.1 Å². The van der Waals surface area contributed by atoms with Gasteiger partial charge >= 0.3 is 0 Å². The molecule has 2 aromatic rings. The Hall–Kier alpha value is -2.75. The first-order chi connectivity index (χ1) is 14.9. The second kappa shape index (κ2) is 10.5. The summed E-state index contributed by atoms with van der Waals surface area (Å²) in [5, 5.41) is 9.13. The van der Waals surface area contributed by atoms with E-state index in [0.29, 0.717) is 23.1 Å². The van der Waals surface area contributed by atoms with Crippen LogP contribution in [0.3, 0.4) is 0 Å². The van der Waals surface area contributed by atoms with Crippen LogP contribution in [0.1, 0.15) is 23.7 Å². The van der Waals surface area contributed by atoms with Gasteiger partial charge in [0.15, 0.2) is 5.17 Å². The molecule has 8 nitrogen and oxygen atoms in total. The van der Waals surface area contributed by atoms with Crippen molar-refractivity contribution in [2.24, 2.45) is 5.10 Å². The summed E-state index contributed by atoms with van der Waals surface area (Å²) in [4.78, 5) is 36.9. The van der Waals surface area contributed by atoms with E-state index in [0.717, 1.165) is 11.8 Å². The summed E-state index contributed by atoms with van der Waals surface area (Å²) in [7, 11) is 0. The predicted octanol–water partition coefficient (Wildman–Crippen LogP) is 3.65. The fraction of sp³-hybridized carbons (Fsp3) is 0.200. The fourth-order valence-electron chi connectivity index (χ4n) is 2.60. The second-order valence-electron chi connectivity index (χ2n) is 6.29. The number of thioether (sulfide) groups is 1. The maximum Gasteiger partial charge on any atom is 0.272 e. The van der Waals surface area contributed by atoms with Gasteiger partial charge in [-0.25, -0.2) is 5.43 Å². The smallest absolute Gasteiger partial charge is 0.272 e. The van der Waals surface area contributed by atoms with Crippen molar-refractivity contribution in [1.29, 1.82) is 0 Å². The molecule has 0 bridgehead atoms. The fourth-order valence-corrected chi connectivity index (χ4v) is 4.04. The maximum absolute atomic E-state index is 12.6. The zero-order valence-electron chi connectivity index (χ0n) is 16.3. The van der Waals surface area contributed by atoms with Crippen LogP contribution in [0, 0.1) is 0 Å². The lowest BCUT2D eigenvalue weighted by atomic mass is 10.2. The van der Waals surface area contributed by atoms with Crippen LogP contribution < -0.4 is 20.8 Å². The number of amidine groups is 1. The van der Waals surface area contributed by atoms with E-state index in [1.54, 1.807) is 24.3 Å². The normalized spacial score (nSPS) is 17.1. The van der Waals surface area contributed by atoms with Gasteiger partial charge in [-0.1, -0.05) is 35.0 Å². The molecule has 1 unspecified atom stereocenters. The number of rotatable bonds is 6. The Labute approximate surface area is 192 Å². The molecule has 0 aliphatic carbocycles. The summed E-state index contributed by atoms with van der Waals surface area (Å²) in [6, 6.07) is 11.3. The van der Waals surface area contributed by atoms with Crippen LogP contribution in [-0.2, 0) is 9.59 Å². The van der Waals surface area contributed by atoms with Crippen LogP contribution in [0.4, 0.5) is 5.69 Å². The monoisotopic (exact) mass is 480 g/mol. The number of carbonyl (C=O) groups excluding carboxylic acids is 3. The first-order valence-electron chi connectivity index (χ1n) is 9.19. The van der Waals surface area contributed by atoms with Crippen molar-refractivity contribution in [2.45, 2.75) is 18.6 Å². The molecular formula is C20H18Cl2N4O4S. The number of ether oxygens (including phenoxy) is 1. The Kier molecular flexibility index (Phi) is 7.78. The molecule has 0 spiro atoms. The van der Waals surface area contributed by atoms with Crippen LogP contribution >= 0.6 is 35.0 Å². The second-order valence-corrected chi connectivity index (χ2v) is 8.32. The standard InChI is InChI=1S/C20H18Cl2N4O4S/c1-2-30-13-6-4-12(5-7-13)23-19(29)16-10-17(27)24-20(31-16)26-25-18(28)14-8-3-11(21)9-15(14)22/h3-9,16H,2,10H2,1H3,(H,23,29)(H,25,28)(H,24,26,27). The quantitative estimate of drug-likeness (QED) is 0.546. The number of carbonyl (C=O) groups is 3. The summed E-state index contributed by atoms with van der Waals surface area (Å²) in [5.74, 6) is -0.630. The minimum Gasteiger partial charge on any atom is -0.494 e. The lowest BCUT2D eigenvalue weighted by molar-refractivity contribution is -0.123. The third kappa shape index (κ3) is 6.36. The Bertz CT molecular complexity index is 1030. The summed E-state index contributed by atoms with van der Waals surface area (Å²) in [6.07, 6.45) is -0.0243. The molecule has 162 valence electrons. The van der Waals surface area contributed by atoms with E-state index in [4.69, 9.17) is 27.9 Å². The molecule has 1 aliphatic rings. The van der Waals surface area contributed by atoms with Crippen LogP contribution in [0.25, 0.3) is 0 Å². The first kappa shape index (κ1) is 22.9. The Morgan fingerprint density at radius 1 is 1.23 bits per heavy atom. The number of benzene rings is 2. The summed E-state index contributed by atoms with van der Waals surface area (Å²) in [5.41, 5.74) is 3.06. The predicted molar refractivity (Wildman–Crippen MR) is 122 cm³/mol. The van der Waals surface area contributed by atoms with Crippen LogP contribution in [-0.4, -0.2) is 34.7 Å². The molecule has 1 saturated heterocycles. The van der Waals surface area contributed by atoms with Gasteiger partial charge in [0.2, 0.25) is 11.8 Å². The van der Waals surface area contributed by atoms with Crippen molar-refractivity contribution in [2.75, 3.05) is 11.9 Å². The lowest BCUT2D eigenvalue weighted by Gasteiger charge is -2.22. The van der Waals surface area contributed by atoms with Gasteiger partial charge in [-0.05, 0) is 49.4 Å².